The van der Waals surface area contributed by atoms with Gasteiger partial charge in [0.25, 0.3) is 0 Å². The molecule has 1 nitrogen and oxygen atoms in total. The van der Waals surface area contributed by atoms with Crippen LogP contribution in [-0.4, -0.2) is 14.8 Å². The van der Waals surface area contributed by atoms with Crippen LogP contribution in [0.3, 0.4) is 0 Å². The highest BCUT2D eigenvalue weighted by molar-refractivity contribution is 6.31. The van der Waals surface area contributed by atoms with Gasteiger partial charge in [-0.15, -0.1) is 0 Å². The molecule has 0 saturated heterocycles. The first-order chi connectivity index (χ1) is 5.56. The highest BCUT2D eigenvalue weighted by Crippen LogP contribution is 2.14. The van der Waals surface area contributed by atoms with Gasteiger partial charge in [0.05, 0.1) is 0 Å². The second-order valence-electron chi connectivity index (χ2n) is 3.63. The summed E-state index contributed by atoms with van der Waals surface area (Å²) in [6, 6.07) is 1.27. The number of unbranched alkanes of at least 4 members (excludes halogenated alkanes) is 3. The van der Waals surface area contributed by atoms with Crippen LogP contribution >= 0.6 is 11.6 Å². The van der Waals surface area contributed by atoms with E-state index in [0.29, 0.717) is 0 Å². The smallest absolute Gasteiger partial charge is 0.163 e. The molecular formula is C9H21ClOSi. The minimum absolute atomic E-state index is 0.353. The Kier molecular flexibility index (Phi) is 7.20. The van der Waals surface area contributed by atoms with Gasteiger partial charge < -0.3 is 4.43 Å². The third kappa shape index (κ3) is 10.5. The van der Waals surface area contributed by atoms with Crippen LogP contribution in [0.5, 0.6) is 0 Å². The van der Waals surface area contributed by atoms with Gasteiger partial charge in [0, 0.05) is 0 Å². The second kappa shape index (κ2) is 6.93. The molecule has 0 rings (SSSR count). The zero-order valence-corrected chi connectivity index (χ0v) is 10.7. The van der Waals surface area contributed by atoms with E-state index in [0.717, 1.165) is 0 Å². The van der Waals surface area contributed by atoms with Gasteiger partial charge in [-0.05, 0) is 19.9 Å². The first-order valence-electron chi connectivity index (χ1n) is 4.89. The van der Waals surface area contributed by atoms with Gasteiger partial charge in [0.15, 0.2) is 9.76 Å². The Bertz CT molecular complexity index is 101. The molecule has 0 atom stereocenters. The second-order valence-corrected chi connectivity index (χ2v) is 5.94. The number of rotatable bonds is 7. The average Bonchev–Trinajstić information content (AvgIpc) is 1.94. The molecule has 0 bridgehead atoms. The van der Waals surface area contributed by atoms with Crippen LogP contribution in [0.15, 0.2) is 0 Å². The maximum absolute atomic E-state index is 5.89. The molecule has 0 saturated carbocycles. The van der Waals surface area contributed by atoms with Crippen LogP contribution in [0, 0.1) is 0 Å². The Morgan fingerprint density at radius 1 is 1.25 bits per heavy atom. The van der Waals surface area contributed by atoms with Crippen molar-refractivity contribution in [2.75, 3.05) is 0 Å². The lowest BCUT2D eigenvalue weighted by molar-refractivity contribution is 0.209. The van der Waals surface area contributed by atoms with E-state index in [4.69, 9.17) is 16.0 Å². The summed E-state index contributed by atoms with van der Waals surface area (Å²) in [6.07, 6.45) is 5.35. The summed E-state index contributed by atoms with van der Waals surface area (Å²) >= 11 is 5.89. The average molecular weight is 209 g/mol. The Morgan fingerprint density at radius 2 is 1.92 bits per heavy atom. The van der Waals surface area contributed by atoms with Gasteiger partial charge >= 0.3 is 0 Å². The van der Waals surface area contributed by atoms with Crippen molar-refractivity contribution >= 4 is 21.4 Å². The molecule has 0 unspecified atom stereocenters. The van der Waals surface area contributed by atoms with E-state index in [-0.39, 0.29) is 9.76 Å². The molecule has 0 spiro atoms. The molecule has 0 aliphatic carbocycles. The molecule has 12 heavy (non-hydrogen) atoms. The maximum atomic E-state index is 5.89. The number of alkyl halides is 1. The summed E-state index contributed by atoms with van der Waals surface area (Å²) < 4.78 is 5.51. The maximum Gasteiger partial charge on any atom is 0.163 e. The molecule has 0 radical (unpaired) electrons. The molecule has 0 heterocycles. The number of hydrogen-bond acceptors (Lipinski definition) is 1. The van der Waals surface area contributed by atoms with Gasteiger partial charge in [0.2, 0.25) is 0 Å². The highest BCUT2D eigenvalue weighted by Gasteiger charge is 2.11. The van der Waals surface area contributed by atoms with E-state index in [1.54, 1.807) is 0 Å². The highest BCUT2D eigenvalue weighted by atomic mass is 35.5. The van der Waals surface area contributed by atoms with Crippen LogP contribution in [0.4, 0.5) is 0 Å². The topological polar surface area (TPSA) is 9.23 Å². The fourth-order valence-corrected chi connectivity index (χ4v) is 2.44. The van der Waals surface area contributed by atoms with E-state index < -0.39 is 5.06 Å². The molecule has 0 aliphatic rings. The zero-order chi connectivity index (χ0) is 9.45. The number of hydrogen-bond donors (Lipinski definition) is 0. The first kappa shape index (κ1) is 12.5. The van der Waals surface area contributed by atoms with Crippen molar-refractivity contribution in [3.63, 3.8) is 0 Å². The molecule has 0 aromatic heterocycles. The fraction of sp³-hybridized carbons (Fsp3) is 1.00. The van der Waals surface area contributed by atoms with E-state index >= 15 is 0 Å². The van der Waals surface area contributed by atoms with E-state index in [1.165, 1.54) is 31.7 Å². The normalized spacial score (nSPS) is 13.0. The summed E-state index contributed by atoms with van der Waals surface area (Å²) in [4.78, 5) is 0. The van der Waals surface area contributed by atoms with Crippen molar-refractivity contribution in [2.45, 2.75) is 57.6 Å². The van der Waals surface area contributed by atoms with Crippen molar-refractivity contribution in [3.8, 4) is 0 Å². The minimum Gasteiger partial charge on any atom is -0.406 e. The summed E-state index contributed by atoms with van der Waals surface area (Å²) in [5.41, 5.74) is 0. The lowest BCUT2D eigenvalue weighted by atomic mass is 10.2. The van der Waals surface area contributed by atoms with Gasteiger partial charge in [0.1, 0.15) is 5.06 Å². The van der Waals surface area contributed by atoms with Crippen molar-refractivity contribution in [3.05, 3.63) is 0 Å². The Hall–Kier alpha value is 0.467. The molecule has 0 amide bonds. The third-order valence-electron chi connectivity index (χ3n) is 1.69. The van der Waals surface area contributed by atoms with Crippen LogP contribution in [0.25, 0.3) is 0 Å². The quantitative estimate of drug-likeness (QED) is 0.355. The molecule has 0 fully saturated rings. The van der Waals surface area contributed by atoms with Gasteiger partial charge in [-0.1, -0.05) is 44.2 Å². The Morgan fingerprint density at radius 3 is 2.42 bits per heavy atom. The van der Waals surface area contributed by atoms with Crippen LogP contribution in [-0.2, 0) is 4.43 Å². The minimum atomic E-state index is -0.420. The van der Waals surface area contributed by atoms with Crippen molar-refractivity contribution < 1.29 is 4.43 Å². The van der Waals surface area contributed by atoms with Crippen molar-refractivity contribution in [2.24, 2.45) is 0 Å². The lowest BCUT2D eigenvalue weighted by Crippen LogP contribution is -2.18. The van der Waals surface area contributed by atoms with Gasteiger partial charge in [-0.25, -0.2) is 0 Å². The Balaban J connectivity index is 3.01. The van der Waals surface area contributed by atoms with E-state index in [1.807, 2.05) is 13.8 Å². The zero-order valence-electron chi connectivity index (χ0n) is 8.53. The first-order valence-corrected chi connectivity index (χ1v) is 6.84. The summed E-state index contributed by atoms with van der Waals surface area (Å²) in [7, 11) is -0.353. The third-order valence-corrected chi connectivity index (χ3v) is 3.70. The molecule has 74 valence electrons. The van der Waals surface area contributed by atoms with Gasteiger partial charge in [-0.2, -0.15) is 0 Å². The molecule has 0 aliphatic heterocycles. The van der Waals surface area contributed by atoms with E-state index in [2.05, 4.69) is 6.92 Å². The summed E-state index contributed by atoms with van der Waals surface area (Å²) in [6.45, 7) is 6.05. The monoisotopic (exact) mass is 208 g/mol. The summed E-state index contributed by atoms with van der Waals surface area (Å²) in [5, 5.41) is -0.420. The van der Waals surface area contributed by atoms with Crippen molar-refractivity contribution in [1.82, 2.24) is 0 Å². The molecule has 3 heteroatoms. The van der Waals surface area contributed by atoms with E-state index in [9.17, 15) is 0 Å². The van der Waals surface area contributed by atoms with Crippen LogP contribution in [0.2, 0.25) is 6.04 Å². The van der Waals surface area contributed by atoms with Crippen LogP contribution < -0.4 is 0 Å². The lowest BCUT2D eigenvalue weighted by Gasteiger charge is -2.16. The summed E-state index contributed by atoms with van der Waals surface area (Å²) in [5.74, 6) is 0. The predicted molar refractivity (Wildman–Crippen MR) is 58.5 cm³/mol. The predicted octanol–water partition coefficient (Wildman–Crippen LogP) is 3.06. The molecular weight excluding hydrogens is 188 g/mol. The fourth-order valence-electron chi connectivity index (χ4n) is 1.02. The molecule has 0 aromatic rings. The molecule has 0 aromatic carbocycles. The number of halogens is 1. The van der Waals surface area contributed by atoms with Gasteiger partial charge in [-0.3, -0.25) is 0 Å². The largest absolute Gasteiger partial charge is 0.406 e. The van der Waals surface area contributed by atoms with Crippen molar-refractivity contribution in [1.29, 1.82) is 0 Å². The molecule has 0 N–H and O–H groups in total. The standard InChI is InChI=1S/C9H21ClOSi/c1-4-5-6-7-8-12-11-9(2,3)10/h4-8,12H2,1-3H3. The SMILES string of the molecule is CCCCCC[SiH2]OC(C)(C)Cl. The Labute approximate surface area is 83.8 Å². The van der Waals surface area contributed by atoms with Crippen LogP contribution in [0.1, 0.15) is 46.5 Å².